The van der Waals surface area contributed by atoms with Gasteiger partial charge in [-0.3, -0.25) is 9.88 Å². The van der Waals surface area contributed by atoms with Gasteiger partial charge in [-0.2, -0.15) is 0 Å². The fourth-order valence-electron chi connectivity index (χ4n) is 3.19. The number of carbonyl (C=O) groups excluding carboxylic acids is 1. The van der Waals surface area contributed by atoms with E-state index in [0.29, 0.717) is 6.54 Å². The van der Waals surface area contributed by atoms with Crippen LogP contribution in [0.25, 0.3) is 11.3 Å². The van der Waals surface area contributed by atoms with Gasteiger partial charge in [-0.25, -0.2) is 9.59 Å². The molecule has 3 rings (SSSR count). The summed E-state index contributed by atoms with van der Waals surface area (Å²) in [4.78, 5) is 30.0. The van der Waals surface area contributed by atoms with Crippen molar-refractivity contribution < 1.29 is 19.4 Å². The molecule has 0 radical (unpaired) electrons. The van der Waals surface area contributed by atoms with Gasteiger partial charge < -0.3 is 9.84 Å². The maximum atomic E-state index is 12.5. The number of nitrogens with zero attached hydrogens (tertiary/aromatic N) is 2. The molecule has 1 amide bonds. The van der Waals surface area contributed by atoms with Crippen LogP contribution >= 0.6 is 0 Å². The average Bonchev–Trinajstić information content (AvgIpc) is 3.10. The molecule has 0 saturated carbocycles. The molecule has 6 nitrogen and oxygen atoms in total. The van der Waals surface area contributed by atoms with Gasteiger partial charge in [0, 0.05) is 12.1 Å². The second kappa shape index (κ2) is 7.39. The third kappa shape index (κ3) is 4.45. The Morgan fingerprint density at radius 3 is 2.48 bits per heavy atom. The Morgan fingerprint density at radius 2 is 1.85 bits per heavy atom. The number of carboxylic acid groups (broad SMARTS) is 1. The molecule has 1 atom stereocenters. The summed E-state index contributed by atoms with van der Waals surface area (Å²) in [5, 5.41) is 9.03. The Morgan fingerprint density at radius 1 is 1.15 bits per heavy atom. The van der Waals surface area contributed by atoms with Crippen LogP contribution in [-0.4, -0.2) is 39.2 Å². The van der Waals surface area contributed by atoms with Crippen LogP contribution in [0.4, 0.5) is 4.79 Å². The minimum Gasteiger partial charge on any atom is -0.478 e. The molecule has 1 aromatic heterocycles. The molecule has 1 aliphatic heterocycles. The largest absolute Gasteiger partial charge is 0.478 e. The number of likely N-dealkylation sites (tertiary alicyclic amines) is 1. The maximum Gasteiger partial charge on any atom is 0.410 e. The first-order valence-electron chi connectivity index (χ1n) is 9.05. The number of hydrogen-bond acceptors (Lipinski definition) is 4. The van der Waals surface area contributed by atoms with Crippen molar-refractivity contribution in [1.29, 1.82) is 0 Å². The Balaban J connectivity index is 1.84. The van der Waals surface area contributed by atoms with Gasteiger partial charge in [-0.05, 0) is 57.9 Å². The van der Waals surface area contributed by atoms with Crippen molar-refractivity contribution in [2.45, 2.75) is 45.3 Å². The topological polar surface area (TPSA) is 79.7 Å². The van der Waals surface area contributed by atoms with Crippen molar-refractivity contribution in [3.8, 4) is 11.3 Å². The van der Waals surface area contributed by atoms with Crippen molar-refractivity contribution >= 4 is 12.1 Å². The third-order valence-electron chi connectivity index (χ3n) is 4.42. The molecule has 6 heteroatoms. The fourth-order valence-corrected chi connectivity index (χ4v) is 3.19. The predicted molar refractivity (Wildman–Crippen MR) is 102 cm³/mol. The van der Waals surface area contributed by atoms with Crippen LogP contribution in [-0.2, 0) is 4.74 Å². The van der Waals surface area contributed by atoms with Crippen molar-refractivity contribution in [3.05, 3.63) is 53.7 Å². The Kier molecular flexibility index (Phi) is 5.17. The van der Waals surface area contributed by atoms with Gasteiger partial charge in [0.05, 0.1) is 23.0 Å². The van der Waals surface area contributed by atoms with Crippen LogP contribution < -0.4 is 0 Å². The smallest absolute Gasteiger partial charge is 0.410 e. The van der Waals surface area contributed by atoms with Gasteiger partial charge in [-0.1, -0.05) is 18.2 Å². The number of rotatable bonds is 3. The molecule has 1 N–H and O–H groups in total. The summed E-state index contributed by atoms with van der Waals surface area (Å²) in [6, 6.07) is 12.2. The second-order valence-corrected chi connectivity index (χ2v) is 7.66. The van der Waals surface area contributed by atoms with Gasteiger partial charge in [-0.15, -0.1) is 0 Å². The maximum absolute atomic E-state index is 12.5. The lowest BCUT2D eigenvalue weighted by molar-refractivity contribution is 0.0221. The fraction of sp³-hybridized carbons (Fsp3) is 0.381. The molecule has 2 heterocycles. The highest BCUT2D eigenvalue weighted by Crippen LogP contribution is 2.33. The molecule has 142 valence electrons. The summed E-state index contributed by atoms with van der Waals surface area (Å²) in [7, 11) is 0. The predicted octanol–water partition coefficient (Wildman–Crippen LogP) is 4.52. The Bertz CT molecular complexity index is 840. The van der Waals surface area contributed by atoms with E-state index in [1.165, 1.54) is 0 Å². The van der Waals surface area contributed by atoms with Crippen LogP contribution in [0.5, 0.6) is 0 Å². The van der Waals surface area contributed by atoms with Crippen LogP contribution in [0.3, 0.4) is 0 Å². The summed E-state index contributed by atoms with van der Waals surface area (Å²) < 4.78 is 5.53. The second-order valence-electron chi connectivity index (χ2n) is 7.66. The number of hydrogen-bond donors (Lipinski definition) is 1. The SMILES string of the molecule is CC(C)(C)OC(=O)N1CCC[C@@H]1c1cccc(-c2ccc(C(=O)O)cc2)n1. The summed E-state index contributed by atoms with van der Waals surface area (Å²) in [6.45, 7) is 6.22. The number of carboxylic acids is 1. The molecular weight excluding hydrogens is 344 g/mol. The number of aromatic nitrogens is 1. The lowest BCUT2D eigenvalue weighted by Crippen LogP contribution is -2.36. The van der Waals surface area contributed by atoms with E-state index in [9.17, 15) is 9.59 Å². The molecule has 0 unspecified atom stereocenters. The number of aromatic carboxylic acids is 1. The highest BCUT2D eigenvalue weighted by Gasteiger charge is 2.34. The van der Waals surface area contributed by atoms with Crippen LogP contribution in [0, 0.1) is 0 Å². The van der Waals surface area contributed by atoms with E-state index in [1.807, 2.05) is 39.0 Å². The summed E-state index contributed by atoms with van der Waals surface area (Å²) in [5.74, 6) is -0.956. The summed E-state index contributed by atoms with van der Waals surface area (Å²) in [6.07, 6.45) is 1.43. The van der Waals surface area contributed by atoms with Gasteiger partial charge in [0.2, 0.25) is 0 Å². The normalized spacial score (nSPS) is 17.0. The van der Waals surface area contributed by atoms with Gasteiger partial charge in [0.25, 0.3) is 0 Å². The van der Waals surface area contributed by atoms with E-state index in [0.717, 1.165) is 29.8 Å². The number of carbonyl (C=O) groups is 2. The van der Waals surface area contributed by atoms with Crippen LogP contribution in [0.15, 0.2) is 42.5 Å². The molecule has 27 heavy (non-hydrogen) atoms. The van der Waals surface area contributed by atoms with E-state index in [4.69, 9.17) is 14.8 Å². The van der Waals surface area contributed by atoms with Crippen molar-refractivity contribution in [2.24, 2.45) is 0 Å². The summed E-state index contributed by atoms with van der Waals surface area (Å²) in [5.41, 5.74) is 2.11. The average molecular weight is 368 g/mol. The summed E-state index contributed by atoms with van der Waals surface area (Å²) >= 11 is 0. The Labute approximate surface area is 158 Å². The zero-order valence-electron chi connectivity index (χ0n) is 15.8. The zero-order chi connectivity index (χ0) is 19.6. The van der Waals surface area contributed by atoms with Gasteiger partial charge >= 0.3 is 12.1 Å². The number of benzene rings is 1. The molecular formula is C21H24N2O4. The minimum absolute atomic E-state index is 0.113. The standard InChI is InChI=1S/C21H24N2O4/c1-21(2,3)27-20(26)23-13-5-8-18(23)17-7-4-6-16(22-17)14-9-11-15(12-10-14)19(24)25/h4,6-7,9-12,18H,5,8,13H2,1-3H3,(H,24,25)/t18-/m1/s1. The number of ether oxygens (including phenoxy) is 1. The molecule has 0 aliphatic carbocycles. The highest BCUT2D eigenvalue weighted by molar-refractivity contribution is 5.88. The van der Waals surface area contributed by atoms with Gasteiger partial charge in [0.1, 0.15) is 5.60 Å². The van der Waals surface area contributed by atoms with Crippen molar-refractivity contribution in [1.82, 2.24) is 9.88 Å². The molecule has 1 aliphatic rings. The van der Waals surface area contributed by atoms with Crippen LogP contribution in [0.2, 0.25) is 0 Å². The highest BCUT2D eigenvalue weighted by atomic mass is 16.6. The first kappa shape index (κ1) is 18.9. The van der Waals surface area contributed by atoms with Crippen molar-refractivity contribution in [2.75, 3.05) is 6.54 Å². The molecule has 1 saturated heterocycles. The van der Waals surface area contributed by atoms with E-state index >= 15 is 0 Å². The third-order valence-corrected chi connectivity index (χ3v) is 4.42. The first-order valence-corrected chi connectivity index (χ1v) is 9.05. The quantitative estimate of drug-likeness (QED) is 0.862. The molecule has 0 bridgehead atoms. The van der Waals surface area contributed by atoms with Gasteiger partial charge in [0.15, 0.2) is 0 Å². The molecule has 1 aromatic carbocycles. The molecule has 1 fully saturated rings. The van der Waals surface area contributed by atoms with Crippen molar-refractivity contribution in [3.63, 3.8) is 0 Å². The number of pyridine rings is 1. The van der Waals surface area contributed by atoms with E-state index < -0.39 is 11.6 Å². The minimum atomic E-state index is -0.956. The van der Waals surface area contributed by atoms with E-state index in [2.05, 4.69) is 0 Å². The lowest BCUT2D eigenvalue weighted by Gasteiger charge is -2.28. The molecule has 2 aromatic rings. The van der Waals surface area contributed by atoms with E-state index in [1.54, 1.807) is 29.2 Å². The molecule has 0 spiro atoms. The van der Waals surface area contributed by atoms with E-state index in [-0.39, 0.29) is 17.7 Å². The monoisotopic (exact) mass is 368 g/mol. The Hall–Kier alpha value is -2.89. The first-order chi connectivity index (χ1) is 12.7. The number of amides is 1. The van der Waals surface area contributed by atoms with Crippen LogP contribution in [0.1, 0.15) is 55.7 Å². The lowest BCUT2D eigenvalue weighted by atomic mass is 10.1. The zero-order valence-corrected chi connectivity index (χ0v) is 15.8.